The van der Waals surface area contributed by atoms with Crippen molar-refractivity contribution in [1.29, 1.82) is 0 Å². The van der Waals surface area contributed by atoms with Crippen LogP contribution in [0.4, 0.5) is 4.39 Å². The number of nitrogens with one attached hydrogen (secondary N) is 1. The molecule has 25 heavy (non-hydrogen) atoms. The summed E-state index contributed by atoms with van der Waals surface area (Å²) >= 11 is 1.47. The summed E-state index contributed by atoms with van der Waals surface area (Å²) in [7, 11) is 0. The van der Waals surface area contributed by atoms with E-state index in [0.717, 1.165) is 5.01 Å². The molecule has 1 unspecified atom stereocenters. The monoisotopic (exact) mass is 364 g/mol. The van der Waals surface area contributed by atoms with E-state index in [-0.39, 0.29) is 11.8 Å². The number of aromatic nitrogens is 1. The van der Waals surface area contributed by atoms with E-state index < -0.39 is 23.7 Å². The standard InChI is InChI=1S/C18H21FN2O3S/c1-10-7-11(5-6-13(10)19)15(16(23)24)21-14(22)8-12-9-25-17(20-12)18(2,3)4/h5-7,9,15H,8H2,1-4H3,(H,21,22)(H,23,24). The summed E-state index contributed by atoms with van der Waals surface area (Å²) in [4.78, 5) is 28.2. The smallest absolute Gasteiger partial charge is 0.330 e. The number of halogens is 1. The minimum atomic E-state index is -1.23. The van der Waals surface area contributed by atoms with E-state index in [1.54, 1.807) is 12.3 Å². The van der Waals surface area contributed by atoms with Crippen molar-refractivity contribution in [2.75, 3.05) is 0 Å². The molecule has 5 nitrogen and oxygen atoms in total. The van der Waals surface area contributed by atoms with Crippen LogP contribution in [0, 0.1) is 12.7 Å². The van der Waals surface area contributed by atoms with E-state index in [1.165, 1.54) is 29.5 Å². The number of rotatable bonds is 5. The van der Waals surface area contributed by atoms with Gasteiger partial charge < -0.3 is 10.4 Å². The van der Waals surface area contributed by atoms with Crippen molar-refractivity contribution in [3.63, 3.8) is 0 Å². The van der Waals surface area contributed by atoms with Crippen molar-refractivity contribution < 1.29 is 19.1 Å². The fourth-order valence-electron chi connectivity index (χ4n) is 2.24. The van der Waals surface area contributed by atoms with Crippen molar-refractivity contribution in [3.05, 3.63) is 51.2 Å². The zero-order valence-corrected chi connectivity index (χ0v) is 15.4. The second kappa shape index (κ2) is 7.31. The van der Waals surface area contributed by atoms with Crippen LogP contribution in [0.15, 0.2) is 23.6 Å². The molecule has 1 amide bonds. The first kappa shape index (κ1) is 19.1. The summed E-state index contributed by atoms with van der Waals surface area (Å²) in [6.07, 6.45) is -0.00344. The van der Waals surface area contributed by atoms with Gasteiger partial charge >= 0.3 is 5.97 Å². The maximum Gasteiger partial charge on any atom is 0.330 e. The summed E-state index contributed by atoms with van der Waals surface area (Å²) < 4.78 is 13.4. The third-order valence-electron chi connectivity index (χ3n) is 3.60. The summed E-state index contributed by atoms with van der Waals surface area (Å²) in [5.41, 5.74) is 1.15. The lowest BCUT2D eigenvalue weighted by Crippen LogP contribution is -2.34. The molecule has 2 N–H and O–H groups in total. The van der Waals surface area contributed by atoms with E-state index in [9.17, 15) is 19.1 Å². The van der Waals surface area contributed by atoms with Crippen LogP contribution in [-0.4, -0.2) is 22.0 Å². The molecule has 0 saturated carbocycles. The molecule has 134 valence electrons. The number of benzene rings is 1. The summed E-state index contributed by atoms with van der Waals surface area (Å²) in [6, 6.07) is 2.76. The Bertz CT molecular complexity index is 796. The Morgan fingerprint density at radius 1 is 1.36 bits per heavy atom. The Labute approximate surface area is 149 Å². The van der Waals surface area contributed by atoms with Gasteiger partial charge in [-0.3, -0.25) is 4.79 Å². The van der Waals surface area contributed by atoms with Crippen LogP contribution in [0.3, 0.4) is 0 Å². The number of hydrogen-bond acceptors (Lipinski definition) is 4. The Balaban J connectivity index is 2.11. The Morgan fingerprint density at radius 3 is 2.56 bits per heavy atom. The van der Waals surface area contributed by atoms with Crippen LogP contribution in [-0.2, 0) is 21.4 Å². The SMILES string of the molecule is Cc1cc(C(NC(=O)Cc2csc(C(C)(C)C)n2)C(=O)O)ccc1F. The van der Waals surface area contributed by atoms with Crippen molar-refractivity contribution in [3.8, 4) is 0 Å². The summed E-state index contributed by atoms with van der Waals surface area (Å²) in [6.45, 7) is 7.65. The molecule has 0 aliphatic carbocycles. The van der Waals surface area contributed by atoms with Crippen molar-refractivity contribution in [1.82, 2.24) is 10.3 Å². The van der Waals surface area contributed by atoms with Gasteiger partial charge in [0.25, 0.3) is 0 Å². The van der Waals surface area contributed by atoms with Gasteiger partial charge in [0.2, 0.25) is 5.91 Å². The first-order valence-electron chi connectivity index (χ1n) is 7.81. The minimum Gasteiger partial charge on any atom is -0.479 e. The largest absolute Gasteiger partial charge is 0.479 e. The topological polar surface area (TPSA) is 79.3 Å². The molecule has 0 aliphatic rings. The lowest BCUT2D eigenvalue weighted by atomic mass is 9.98. The molecular formula is C18H21FN2O3S. The number of hydrogen-bond donors (Lipinski definition) is 2. The minimum absolute atomic E-state index is 0.00344. The molecule has 0 saturated heterocycles. The lowest BCUT2D eigenvalue weighted by molar-refractivity contribution is -0.142. The Kier molecular flexibility index (Phi) is 5.57. The number of aryl methyl sites for hydroxylation is 1. The van der Waals surface area contributed by atoms with Gasteiger partial charge in [0.1, 0.15) is 5.82 Å². The fourth-order valence-corrected chi connectivity index (χ4v) is 3.15. The van der Waals surface area contributed by atoms with Crippen LogP contribution in [0.25, 0.3) is 0 Å². The average molecular weight is 364 g/mol. The van der Waals surface area contributed by atoms with Gasteiger partial charge in [0, 0.05) is 10.8 Å². The highest BCUT2D eigenvalue weighted by Gasteiger charge is 2.24. The highest BCUT2D eigenvalue weighted by Crippen LogP contribution is 2.25. The van der Waals surface area contributed by atoms with E-state index in [1.807, 2.05) is 20.8 Å². The normalized spacial score (nSPS) is 12.7. The maximum absolute atomic E-state index is 13.4. The van der Waals surface area contributed by atoms with Gasteiger partial charge in [0.05, 0.1) is 17.1 Å². The first-order valence-corrected chi connectivity index (χ1v) is 8.69. The van der Waals surface area contributed by atoms with Crippen LogP contribution in [0.5, 0.6) is 0 Å². The molecule has 1 atom stereocenters. The van der Waals surface area contributed by atoms with Gasteiger partial charge in [-0.05, 0) is 24.1 Å². The number of thiazole rings is 1. The zero-order valence-electron chi connectivity index (χ0n) is 14.6. The Hall–Kier alpha value is -2.28. The van der Waals surface area contributed by atoms with Gasteiger partial charge in [0.15, 0.2) is 6.04 Å². The molecular weight excluding hydrogens is 343 g/mol. The van der Waals surface area contributed by atoms with Crippen molar-refractivity contribution in [2.24, 2.45) is 0 Å². The molecule has 7 heteroatoms. The van der Waals surface area contributed by atoms with Gasteiger partial charge in [-0.25, -0.2) is 14.2 Å². The van der Waals surface area contributed by atoms with E-state index in [0.29, 0.717) is 16.8 Å². The summed E-state index contributed by atoms with van der Waals surface area (Å²) in [5.74, 6) is -2.07. The second-order valence-corrected chi connectivity index (χ2v) is 7.78. The number of carboxylic acids is 1. The first-order chi connectivity index (χ1) is 11.6. The van der Waals surface area contributed by atoms with Gasteiger partial charge in [-0.15, -0.1) is 11.3 Å². The van der Waals surface area contributed by atoms with E-state index in [2.05, 4.69) is 10.3 Å². The van der Waals surface area contributed by atoms with Crippen LogP contribution in [0.1, 0.15) is 48.6 Å². The van der Waals surface area contributed by atoms with Crippen LogP contribution >= 0.6 is 11.3 Å². The number of amides is 1. The van der Waals surface area contributed by atoms with Crippen LogP contribution in [0.2, 0.25) is 0 Å². The summed E-state index contributed by atoms with van der Waals surface area (Å²) in [5, 5.41) is 14.6. The molecule has 1 aromatic carbocycles. The molecule has 0 radical (unpaired) electrons. The van der Waals surface area contributed by atoms with Crippen LogP contribution < -0.4 is 5.32 Å². The third kappa shape index (κ3) is 4.85. The molecule has 1 aromatic heterocycles. The number of carbonyl (C=O) groups is 2. The van der Waals surface area contributed by atoms with E-state index in [4.69, 9.17) is 0 Å². The predicted molar refractivity (Wildman–Crippen MR) is 94.2 cm³/mol. The molecule has 0 fully saturated rings. The Morgan fingerprint density at radius 2 is 2.04 bits per heavy atom. The lowest BCUT2D eigenvalue weighted by Gasteiger charge is -2.15. The van der Waals surface area contributed by atoms with Crippen molar-refractivity contribution in [2.45, 2.75) is 45.6 Å². The number of nitrogens with zero attached hydrogens (tertiary/aromatic N) is 1. The van der Waals surface area contributed by atoms with E-state index >= 15 is 0 Å². The number of carbonyl (C=O) groups excluding carboxylic acids is 1. The van der Waals surface area contributed by atoms with Gasteiger partial charge in [-0.2, -0.15) is 0 Å². The average Bonchev–Trinajstić information content (AvgIpc) is 2.96. The molecule has 2 rings (SSSR count). The second-order valence-electron chi connectivity index (χ2n) is 6.92. The highest BCUT2D eigenvalue weighted by molar-refractivity contribution is 7.09. The number of aliphatic carboxylic acids is 1. The fraction of sp³-hybridized carbons (Fsp3) is 0.389. The molecule has 0 spiro atoms. The van der Waals surface area contributed by atoms with Gasteiger partial charge in [-0.1, -0.05) is 32.9 Å². The predicted octanol–water partition coefficient (Wildman–Crippen LogP) is 3.37. The number of carboxylic acid groups (broad SMARTS) is 1. The maximum atomic E-state index is 13.4. The molecule has 0 bridgehead atoms. The molecule has 2 aromatic rings. The molecule has 1 heterocycles. The quantitative estimate of drug-likeness (QED) is 0.852. The molecule has 0 aliphatic heterocycles. The zero-order chi connectivity index (χ0) is 18.8. The third-order valence-corrected chi connectivity index (χ3v) is 4.92. The van der Waals surface area contributed by atoms with Crippen molar-refractivity contribution >= 4 is 23.2 Å². The highest BCUT2D eigenvalue weighted by atomic mass is 32.1.